The molecule has 0 bridgehead atoms. The van der Waals surface area contributed by atoms with Crippen molar-refractivity contribution in [2.75, 3.05) is 26.7 Å². The summed E-state index contributed by atoms with van der Waals surface area (Å²) in [5, 5.41) is 4.07. The van der Waals surface area contributed by atoms with Gasteiger partial charge in [-0.15, -0.1) is 0 Å². The molecule has 5 heteroatoms. The Bertz CT molecular complexity index is 665. The minimum atomic E-state index is -0.0434. The number of carbonyl (C=O) groups is 1. The number of ether oxygens (including phenoxy) is 1. The Morgan fingerprint density at radius 1 is 1.45 bits per heavy atom. The van der Waals surface area contributed by atoms with Gasteiger partial charge in [0.1, 0.15) is 11.4 Å². The molecule has 2 aromatic rings. The molecule has 22 heavy (non-hydrogen) atoms. The lowest BCUT2D eigenvalue weighted by molar-refractivity contribution is 0.0937. The van der Waals surface area contributed by atoms with E-state index >= 15 is 0 Å². The zero-order valence-electron chi connectivity index (χ0n) is 13.2. The summed E-state index contributed by atoms with van der Waals surface area (Å²) in [6.45, 7) is 5.08. The first-order chi connectivity index (χ1) is 10.7. The summed E-state index contributed by atoms with van der Waals surface area (Å²) in [6, 6.07) is 8.11. The number of rotatable bonds is 5. The topological polar surface area (TPSA) is 57.4 Å². The predicted octanol–water partition coefficient (Wildman–Crippen LogP) is 2.39. The highest BCUT2D eigenvalue weighted by atomic mass is 16.5. The lowest BCUT2D eigenvalue weighted by Gasteiger charge is -2.22. The molecule has 1 fully saturated rings. The number of nitrogens with one attached hydrogen (secondary N) is 2. The third-order valence-corrected chi connectivity index (χ3v) is 4.48. The highest BCUT2D eigenvalue weighted by molar-refractivity contribution is 5.98. The molecule has 0 saturated carbocycles. The van der Waals surface area contributed by atoms with E-state index in [9.17, 15) is 4.79 Å². The molecule has 118 valence electrons. The molecular formula is C17H23N3O2. The molecule has 1 aromatic carbocycles. The Hall–Kier alpha value is -2.01. The first-order valence-corrected chi connectivity index (χ1v) is 7.90. The van der Waals surface area contributed by atoms with Crippen molar-refractivity contribution in [1.82, 2.24) is 15.2 Å². The first kappa shape index (κ1) is 14.9. The van der Waals surface area contributed by atoms with Crippen LogP contribution in [0, 0.1) is 0 Å². The Kier molecular flexibility index (Phi) is 4.34. The minimum absolute atomic E-state index is 0.0434. The van der Waals surface area contributed by atoms with Gasteiger partial charge in [0, 0.05) is 29.6 Å². The summed E-state index contributed by atoms with van der Waals surface area (Å²) in [6.07, 6.45) is 2.39. The third-order valence-electron chi connectivity index (χ3n) is 4.48. The number of aromatic nitrogens is 1. The molecule has 3 rings (SSSR count). The summed E-state index contributed by atoms with van der Waals surface area (Å²) < 4.78 is 5.21. The van der Waals surface area contributed by atoms with E-state index in [-0.39, 0.29) is 5.91 Å². The minimum Gasteiger partial charge on any atom is -0.497 e. The van der Waals surface area contributed by atoms with Crippen molar-refractivity contribution in [3.8, 4) is 5.75 Å². The maximum absolute atomic E-state index is 12.3. The number of methoxy groups -OCH3 is 1. The number of amides is 1. The van der Waals surface area contributed by atoms with Gasteiger partial charge in [-0.1, -0.05) is 6.92 Å². The second-order valence-electron chi connectivity index (χ2n) is 5.77. The van der Waals surface area contributed by atoms with Crippen LogP contribution in [0.3, 0.4) is 0 Å². The standard InChI is InChI=1S/C17H23N3O2/c1-3-20-8-4-5-13(20)11-18-17(21)16-9-12-6-7-14(22-2)10-15(12)19-16/h6-7,9-10,13,19H,3-5,8,11H2,1-2H3,(H,18,21)/t13-/m1/s1. The Morgan fingerprint density at radius 2 is 2.32 bits per heavy atom. The van der Waals surface area contributed by atoms with Crippen molar-refractivity contribution >= 4 is 16.8 Å². The molecule has 2 N–H and O–H groups in total. The van der Waals surface area contributed by atoms with Gasteiger partial charge in [-0.2, -0.15) is 0 Å². The lowest BCUT2D eigenvalue weighted by Crippen LogP contribution is -2.40. The fourth-order valence-corrected chi connectivity index (χ4v) is 3.20. The number of hydrogen-bond donors (Lipinski definition) is 2. The van der Waals surface area contributed by atoms with Crippen LogP contribution in [0.4, 0.5) is 0 Å². The summed E-state index contributed by atoms with van der Waals surface area (Å²) in [4.78, 5) is 17.9. The van der Waals surface area contributed by atoms with Crippen LogP contribution in [0.1, 0.15) is 30.3 Å². The Labute approximate surface area is 130 Å². The van der Waals surface area contributed by atoms with Crippen molar-refractivity contribution in [1.29, 1.82) is 0 Å². The highest BCUT2D eigenvalue weighted by Gasteiger charge is 2.23. The van der Waals surface area contributed by atoms with Crippen LogP contribution in [0.2, 0.25) is 0 Å². The number of H-pyrrole nitrogens is 1. The number of carbonyl (C=O) groups excluding carboxylic acids is 1. The van der Waals surface area contributed by atoms with Crippen LogP contribution in [0.15, 0.2) is 24.3 Å². The summed E-state index contributed by atoms with van der Waals surface area (Å²) in [7, 11) is 1.64. The number of benzene rings is 1. The predicted molar refractivity (Wildman–Crippen MR) is 87.5 cm³/mol. The van der Waals surface area contributed by atoms with Gasteiger partial charge in [0.25, 0.3) is 5.91 Å². The maximum Gasteiger partial charge on any atom is 0.267 e. The fourth-order valence-electron chi connectivity index (χ4n) is 3.20. The van der Waals surface area contributed by atoms with Crippen LogP contribution in [0.5, 0.6) is 5.75 Å². The zero-order chi connectivity index (χ0) is 15.5. The van der Waals surface area contributed by atoms with E-state index in [1.807, 2.05) is 24.3 Å². The van der Waals surface area contributed by atoms with Gasteiger partial charge < -0.3 is 15.0 Å². The molecule has 1 amide bonds. The van der Waals surface area contributed by atoms with Crippen molar-refractivity contribution in [3.63, 3.8) is 0 Å². The SMILES string of the molecule is CCN1CCC[C@@H]1CNC(=O)c1cc2ccc(OC)cc2[nH]1. The molecule has 1 atom stereocenters. The monoisotopic (exact) mass is 301 g/mol. The molecule has 1 saturated heterocycles. The molecule has 1 aromatic heterocycles. The van der Waals surface area contributed by atoms with Gasteiger partial charge in [-0.25, -0.2) is 0 Å². The van der Waals surface area contributed by atoms with E-state index < -0.39 is 0 Å². The number of aromatic amines is 1. The van der Waals surface area contributed by atoms with E-state index in [0.717, 1.165) is 36.2 Å². The van der Waals surface area contributed by atoms with Crippen LogP contribution in [0.25, 0.3) is 10.9 Å². The van der Waals surface area contributed by atoms with Crippen LogP contribution < -0.4 is 10.1 Å². The normalized spacial score (nSPS) is 18.7. The van der Waals surface area contributed by atoms with Crippen molar-refractivity contribution in [3.05, 3.63) is 30.0 Å². The Balaban J connectivity index is 1.67. The molecule has 2 heterocycles. The molecule has 0 aliphatic carbocycles. The maximum atomic E-state index is 12.3. The van der Waals surface area contributed by atoms with Gasteiger partial charge in [0.15, 0.2) is 0 Å². The molecular weight excluding hydrogens is 278 g/mol. The second kappa shape index (κ2) is 6.40. The summed E-state index contributed by atoms with van der Waals surface area (Å²) in [5.41, 5.74) is 1.52. The molecule has 0 unspecified atom stereocenters. The highest BCUT2D eigenvalue weighted by Crippen LogP contribution is 2.21. The van der Waals surface area contributed by atoms with Gasteiger partial charge in [-0.3, -0.25) is 9.69 Å². The van der Waals surface area contributed by atoms with E-state index in [4.69, 9.17) is 4.74 Å². The van der Waals surface area contributed by atoms with Gasteiger partial charge in [-0.05, 0) is 44.1 Å². The fraction of sp³-hybridized carbons (Fsp3) is 0.471. The van der Waals surface area contributed by atoms with E-state index in [1.165, 1.54) is 6.42 Å². The van der Waals surface area contributed by atoms with E-state index in [0.29, 0.717) is 18.3 Å². The average Bonchev–Trinajstić information content (AvgIpc) is 3.17. The molecule has 1 aliphatic heterocycles. The molecule has 0 spiro atoms. The largest absolute Gasteiger partial charge is 0.497 e. The number of likely N-dealkylation sites (N-methyl/N-ethyl adjacent to an activating group) is 1. The van der Waals surface area contributed by atoms with E-state index in [1.54, 1.807) is 7.11 Å². The average molecular weight is 301 g/mol. The molecule has 5 nitrogen and oxygen atoms in total. The lowest BCUT2D eigenvalue weighted by atomic mass is 10.2. The van der Waals surface area contributed by atoms with E-state index in [2.05, 4.69) is 22.1 Å². The van der Waals surface area contributed by atoms with Gasteiger partial charge in [0.2, 0.25) is 0 Å². The van der Waals surface area contributed by atoms with Crippen LogP contribution >= 0.6 is 0 Å². The van der Waals surface area contributed by atoms with Crippen LogP contribution in [-0.4, -0.2) is 48.6 Å². The number of hydrogen-bond acceptors (Lipinski definition) is 3. The number of fused-ring (bicyclic) bond motifs is 1. The molecule has 1 aliphatic rings. The van der Waals surface area contributed by atoms with Gasteiger partial charge >= 0.3 is 0 Å². The zero-order valence-corrected chi connectivity index (χ0v) is 13.2. The second-order valence-corrected chi connectivity index (χ2v) is 5.77. The number of nitrogens with zero attached hydrogens (tertiary/aromatic N) is 1. The van der Waals surface area contributed by atoms with Crippen molar-refractivity contribution < 1.29 is 9.53 Å². The van der Waals surface area contributed by atoms with Crippen molar-refractivity contribution in [2.45, 2.75) is 25.8 Å². The molecule has 0 radical (unpaired) electrons. The third kappa shape index (κ3) is 2.95. The van der Waals surface area contributed by atoms with Gasteiger partial charge in [0.05, 0.1) is 7.11 Å². The first-order valence-electron chi connectivity index (χ1n) is 7.90. The Morgan fingerprint density at radius 3 is 3.09 bits per heavy atom. The quantitative estimate of drug-likeness (QED) is 0.891. The van der Waals surface area contributed by atoms with Crippen LogP contribution in [-0.2, 0) is 0 Å². The van der Waals surface area contributed by atoms with Crippen molar-refractivity contribution in [2.24, 2.45) is 0 Å². The summed E-state index contributed by atoms with van der Waals surface area (Å²) >= 11 is 0. The summed E-state index contributed by atoms with van der Waals surface area (Å²) in [5.74, 6) is 0.740. The smallest absolute Gasteiger partial charge is 0.267 e. The number of likely N-dealkylation sites (tertiary alicyclic amines) is 1.